The van der Waals surface area contributed by atoms with Crippen LogP contribution < -0.4 is 0 Å². The largest absolute Gasteiger partial charge is 0.379 e. The highest BCUT2D eigenvalue weighted by Gasteiger charge is 2.26. The summed E-state index contributed by atoms with van der Waals surface area (Å²) in [6.07, 6.45) is 1.43. The van der Waals surface area contributed by atoms with Gasteiger partial charge in [-0.25, -0.2) is 0 Å². The molecule has 1 fully saturated rings. The molecule has 0 spiro atoms. The number of morpholine rings is 1. The van der Waals surface area contributed by atoms with E-state index in [-0.39, 0.29) is 11.9 Å². The molecule has 128 valence electrons. The average Bonchev–Trinajstić information content (AvgIpc) is 3.15. The van der Waals surface area contributed by atoms with Crippen molar-refractivity contribution in [3.05, 3.63) is 53.9 Å². The van der Waals surface area contributed by atoms with Gasteiger partial charge >= 0.3 is 0 Å². The number of carbonyl (C=O) groups is 1. The fourth-order valence-corrected chi connectivity index (χ4v) is 2.93. The standard InChI is InChI=1S/C18H23N3O3/c1-15(13-20-8-11-23-12-9-20)21(14-16-5-3-2-4-6-16)18(22)17-7-10-24-19-17/h2-7,10,15H,8-9,11-14H2,1H3/t15-/m1/s1. The van der Waals surface area contributed by atoms with Crippen LogP contribution in [-0.2, 0) is 11.3 Å². The molecule has 1 atom stereocenters. The third-order valence-electron chi connectivity index (χ3n) is 4.27. The summed E-state index contributed by atoms with van der Waals surface area (Å²) in [6.45, 7) is 6.77. The van der Waals surface area contributed by atoms with Gasteiger partial charge in [0.25, 0.3) is 5.91 Å². The van der Waals surface area contributed by atoms with Crippen LogP contribution in [0.3, 0.4) is 0 Å². The van der Waals surface area contributed by atoms with Crippen molar-refractivity contribution in [1.29, 1.82) is 0 Å². The lowest BCUT2D eigenvalue weighted by atomic mass is 10.1. The fourth-order valence-electron chi connectivity index (χ4n) is 2.93. The molecular formula is C18H23N3O3. The van der Waals surface area contributed by atoms with E-state index in [9.17, 15) is 4.79 Å². The number of hydrogen-bond acceptors (Lipinski definition) is 5. The monoisotopic (exact) mass is 329 g/mol. The summed E-state index contributed by atoms with van der Waals surface area (Å²) in [7, 11) is 0. The van der Waals surface area contributed by atoms with Crippen molar-refractivity contribution in [3.63, 3.8) is 0 Å². The van der Waals surface area contributed by atoms with Gasteiger partial charge in [0.05, 0.1) is 13.2 Å². The molecule has 0 bridgehead atoms. The molecule has 0 aliphatic carbocycles. The zero-order valence-electron chi connectivity index (χ0n) is 13.9. The van der Waals surface area contributed by atoms with E-state index in [1.807, 2.05) is 35.2 Å². The summed E-state index contributed by atoms with van der Waals surface area (Å²) in [5.74, 6) is -0.103. The molecule has 0 radical (unpaired) electrons. The molecule has 1 aromatic heterocycles. The van der Waals surface area contributed by atoms with E-state index in [0.29, 0.717) is 12.2 Å². The SMILES string of the molecule is C[C@H](CN1CCOCC1)N(Cc1ccccc1)C(=O)c1ccon1. The van der Waals surface area contributed by atoms with Crippen molar-refractivity contribution in [3.8, 4) is 0 Å². The predicted molar refractivity (Wildman–Crippen MR) is 89.5 cm³/mol. The van der Waals surface area contributed by atoms with Crippen LogP contribution in [0.15, 0.2) is 47.2 Å². The van der Waals surface area contributed by atoms with Crippen LogP contribution in [-0.4, -0.2) is 59.8 Å². The third kappa shape index (κ3) is 4.21. The Morgan fingerprint density at radius 1 is 1.25 bits per heavy atom. The Hall–Kier alpha value is -2.18. The first-order valence-electron chi connectivity index (χ1n) is 8.29. The molecule has 0 unspecified atom stereocenters. The second-order valence-corrected chi connectivity index (χ2v) is 6.07. The van der Waals surface area contributed by atoms with E-state index in [0.717, 1.165) is 38.4 Å². The zero-order chi connectivity index (χ0) is 16.8. The van der Waals surface area contributed by atoms with Gasteiger partial charge in [-0.2, -0.15) is 0 Å². The number of benzene rings is 1. The Morgan fingerprint density at radius 3 is 2.67 bits per heavy atom. The van der Waals surface area contributed by atoms with Crippen LogP contribution in [0.25, 0.3) is 0 Å². The number of hydrogen-bond donors (Lipinski definition) is 0. The minimum absolute atomic E-state index is 0.0625. The van der Waals surface area contributed by atoms with Gasteiger partial charge in [0.2, 0.25) is 0 Å². The molecule has 2 aromatic rings. The van der Waals surface area contributed by atoms with Crippen molar-refractivity contribution >= 4 is 5.91 Å². The van der Waals surface area contributed by atoms with Crippen LogP contribution in [0.4, 0.5) is 0 Å². The number of ether oxygens (including phenoxy) is 1. The number of carbonyl (C=O) groups excluding carboxylic acids is 1. The first-order chi connectivity index (χ1) is 11.7. The molecule has 3 rings (SSSR count). The average molecular weight is 329 g/mol. The van der Waals surface area contributed by atoms with Gasteiger partial charge in [-0.05, 0) is 12.5 Å². The summed E-state index contributed by atoms with van der Waals surface area (Å²) < 4.78 is 10.2. The first-order valence-corrected chi connectivity index (χ1v) is 8.29. The van der Waals surface area contributed by atoms with Gasteiger partial charge in [0, 0.05) is 38.3 Å². The van der Waals surface area contributed by atoms with Crippen LogP contribution in [0, 0.1) is 0 Å². The maximum Gasteiger partial charge on any atom is 0.276 e. The summed E-state index contributed by atoms with van der Waals surface area (Å²) >= 11 is 0. The number of aromatic nitrogens is 1. The minimum Gasteiger partial charge on any atom is -0.379 e. The van der Waals surface area contributed by atoms with Crippen molar-refractivity contribution in [2.75, 3.05) is 32.8 Å². The third-order valence-corrected chi connectivity index (χ3v) is 4.27. The van der Waals surface area contributed by atoms with Gasteiger partial charge in [-0.1, -0.05) is 35.5 Å². The van der Waals surface area contributed by atoms with E-state index < -0.39 is 0 Å². The van der Waals surface area contributed by atoms with Gasteiger partial charge in [0.1, 0.15) is 6.26 Å². The molecule has 6 nitrogen and oxygen atoms in total. The topological polar surface area (TPSA) is 58.8 Å². The molecule has 2 heterocycles. The van der Waals surface area contributed by atoms with Crippen LogP contribution in [0.1, 0.15) is 23.0 Å². The van der Waals surface area contributed by atoms with Gasteiger partial charge in [-0.3, -0.25) is 9.69 Å². The predicted octanol–water partition coefficient (Wildman–Crippen LogP) is 2.04. The molecule has 1 saturated heterocycles. The highest BCUT2D eigenvalue weighted by Crippen LogP contribution is 2.14. The number of rotatable bonds is 6. The lowest BCUT2D eigenvalue weighted by molar-refractivity contribution is 0.0226. The second-order valence-electron chi connectivity index (χ2n) is 6.07. The molecular weight excluding hydrogens is 306 g/mol. The van der Waals surface area contributed by atoms with E-state index in [4.69, 9.17) is 9.26 Å². The van der Waals surface area contributed by atoms with Crippen molar-refractivity contribution < 1.29 is 14.1 Å². The summed E-state index contributed by atoms with van der Waals surface area (Å²) in [4.78, 5) is 17.1. The molecule has 1 aliphatic rings. The number of nitrogens with zero attached hydrogens (tertiary/aromatic N) is 3. The quantitative estimate of drug-likeness (QED) is 0.812. The fraction of sp³-hybridized carbons (Fsp3) is 0.444. The highest BCUT2D eigenvalue weighted by atomic mass is 16.5. The lowest BCUT2D eigenvalue weighted by Gasteiger charge is -2.34. The van der Waals surface area contributed by atoms with E-state index in [2.05, 4.69) is 17.0 Å². The smallest absolute Gasteiger partial charge is 0.276 e. The first kappa shape index (κ1) is 16.7. The van der Waals surface area contributed by atoms with Crippen molar-refractivity contribution in [2.24, 2.45) is 0 Å². The van der Waals surface area contributed by atoms with Gasteiger partial charge < -0.3 is 14.2 Å². The van der Waals surface area contributed by atoms with Gasteiger partial charge in [-0.15, -0.1) is 0 Å². The van der Waals surface area contributed by atoms with Crippen molar-refractivity contribution in [2.45, 2.75) is 19.5 Å². The molecule has 24 heavy (non-hydrogen) atoms. The van der Waals surface area contributed by atoms with E-state index in [1.165, 1.54) is 6.26 Å². The van der Waals surface area contributed by atoms with Crippen LogP contribution in [0.5, 0.6) is 0 Å². The lowest BCUT2D eigenvalue weighted by Crippen LogP contribution is -2.48. The Bertz CT molecular complexity index is 624. The zero-order valence-corrected chi connectivity index (χ0v) is 13.9. The molecule has 0 N–H and O–H groups in total. The molecule has 1 aliphatic heterocycles. The maximum absolute atomic E-state index is 12.9. The molecule has 6 heteroatoms. The van der Waals surface area contributed by atoms with E-state index >= 15 is 0 Å². The Balaban J connectivity index is 1.74. The summed E-state index contributed by atoms with van der Waals surface area (Å²) in [5.41, 5.74) is 1.45. The summed E-state index contributed by atoms with van der Waals surface area (Å²) in [6, 6.07) is 11.7. The Kier molecular flexibility index (Phi) is 5.61. The molecule has 0 saturated carbocycles. The number of amides is 1. The van der Waals surface area contributed by atoms with Gasteiger partial charge in [0.15, 0.2) is 5.69 Å². The second kappa shape index (κ2) is 8.08. The van der Waals surface area contributed by atoms with Crippen LogP contribution in [0.2, 0.25) is 0 Å². The molecule has 1 aromatic carbocycles. The highest BCUT2D eigenvalue weighted by molar-refractivity contribution is 5.92. The normalized spacial score (nSPS) is 16.7. The Morgan fingerprint density at radius 2 is 2.00 bits per heavy atom. The van der Waals surface area contributed by atoms with Crippen molar-refractivity contribution in [1.82, 2.24) is 15.0 Å². The summed E-state index contributed by atoms with van der Waals surface area (Å²) in [5, 5.41) is 3.81. The maximum atomic E-state index is 12.9. The minimum atomic E-state index is -0.103. The Labute approximate surface area is 142 Å². The van der Waals surface area contributed by atoms with Crippen LogP contribution >= 0.6 is 0 Å². The molecule has 1 amide bonds. The van der Waals surface area contributed by atoms with E-state index in [1.54, 1.807) is 6.07 Å².